The number of anilines is 1. The van der Waals surface area contributed by atoms with Gasteiger partial charge in [-0.25, -0.2) is 4.90 Å². The molecule has 122 valence electrons. The average Bonchev–Trinajstić information content (AvgIpc) is 2.82. The molecule has 7 heteroatoms. The van der Waals surface area contributed by atoms with Crippen molar-refractivity contribution in [2.75, 3.05) is 18.0 Å². The van der Waals surface area contributed by atoms with Crippen LogP contribution in [0.3, 0.4) is 0 Å². The Kier molecular flexibility index (Phi) is 4.50. The van der Waals surface area contributed by atoms with Crippen LogP contribution < -0.4 is 4.90 Å². The van der Waals surface area contributed by atoms with E-state index in [0.29, 0.717) is 31.6 Å². The van der Waals surface area contributed by atoms with Crippen molar-refractivity contribution in [2.45, 2.75) is 25.3 Å². The summed E-state index contributed by atoms with van der Waals surface area (Å²) in [5, 5.41) is 9.05. The van der Waals surface area contributed by atoms with Gasteiger partial charge in [-0.2, -0.15) is 0 Å². The summed E-state index contributed by atoms with van der Waals surface area (Å²) >= 11 is 3.35. The van der Waals surface area contributed by atoms with Crippen LogP contribution in [0.5, 0.6) is 0 Å². The van der Waals surface area contributed by atoms with Crippen molar-refractivity contribution in [1.82, 2.24) is 4.90 Å². The smallest absolute Gasteiger partial charge is 0.306 e. The minimum absolute atomic E-state index is 0.156. The number of likely N-dealkylation sites (tertiary alicyclic amines) is 1. The molecule has 23 heavy (non-hydrogen) atoms. The molecule has 2 fully saturated rings. The summed E-state index contributed by atoms with van der Waals surface area (Å²) in [6, 6.07) is 6.62. The molecule has 2 saturated heterocycles. The molecule has 2 aliphatic rings. The zero-order chi connectivity index (χ0) is 16.6. The Morgan fingerprint density at radius 2 is 1.91 bits per heavy atom. The number of rotatable bonds is 3. The Balaban J connectivity index is 1.73. The first-order valence-electron chi connectivity index (χ1n) is 7.56. The molecule has 0 spiro atoms. The number of carbonyl (C=O) groups is 3. The normalized spacial score (nSPS) is 23.5. The van der Waals surface area contributed by atoms with Gasteiger partial charge in [0.05, 0.1) is 24.1 Å². The molecular weight excluding hydrogens is 364 g/mol. The summed E-state index contributed by atoms with van der Waals surface area (Å²) in [5.41, 5.74) is 0.567. The number of hydrogen-bond donors (Lipinski definition) is 1. The van der Waals surface area contributed by atoms with Crippen LogP contribution in [0.1, 0.15) is 19.3 Å². The molecule has 2 amide bonds. The number of hydrogen-bond acceptors (Lipinski definition) is 4. The van der Waals surface area contributed by atoms with Gasteiger partial charge in [0.2, 0.25) is 5.91 Å². The van der Waals surface area contributed by atoms with Crippen molar-refractivity contribution in [2.24, 2.45) is 5.92 Å². The number of aliphatic carboxylic acids is 1. The van der Waals surface area contributed by atoms with Gasteiger partial charge in [-0.1, -0.05) is 22.0 Å². The van der Waals surface area contributed by atoms with E-state index < -0.39 is 12.0 Å². The molecule has 6 nitrogen and oxygen atoms in total. The maximum atomic E-state index is 12.7. The molecule has 0 aromatic heterocycles. The topological polar surface area (TPSA) is 77.9 Å². The molecule has 1 N–H and O–H groups in total. The van der Waals surface area contributed by atoms with Gasteiger partial charge in [0.25, 0.3) is 5.91 Å². The third-order valence-electron chi connectivity index (χ3n) is 4.51. The lowest BCUT2D eigenvalue weighted by molar-refractivity contribution is -0.143. The molecular formula is C16H17BrN2O4. The number of benzene rings is 1. The summed E-state index contributed by atoms with van der Waals surface area (Å²) in [6.07, 6.45) is 1.19. The predicted octanol–water partition coefficient (Wildman–Crippen LogP) is 1.88. The van der Waals surface area contributed by atoms with E-state index in [0.717, 1.165) is 4.47 Å². The number of carboxylic acid groups (broad SMARTS) is 1. The molecule has 2 heterocycles. The fourth-order valence-corrected chi connectivity index (χ4v) is 3.63. The summed E-state index contributed by atoms with van der Waals surface area (Å²) in [5.74, 6) is -1.56. The minimum Gasteiger partial charge on any atom is -0.481 e. The zero-order valence-electron chi connectivity index (χ0n) is 12.4. The molecule has 1 atom stereocenters. The lowest BCUT2D eigenvalue weighted by Gasteiger charge is -2.33. The third kappa shape index (κ3) is 3.16. The Bertz CT molecular complexity index is 655. The van der Waals surface area contributed by atoms with Gasteiger partial charge >= 0.3 is 5.97 Å². The largest absolute Gasteiger partial charge is 0.481 e. The van der Waals surface area contributed by atoms with Crippen LogP contribution in [0.25, 0.3) is 0 Å². The van der Waals surface area contributed by atoms with Gasteiger partial charge in [-0.15, -0.1) is 0 Å². The van der Waals surface area contributed by atoms with Crippen LogP contribution in [0.15, 0.2) is 28.7 Å². The molecule has 1 aromatic rings. The molecule has 0 unspecified atom stereocenters. The van der Waals surface area contributed by atoms with E-state index in [1.807, 2.05) is 11.0 Å². The van der Waals surface area contributed by atoms with Crippen molar-refractivity contribution >= 4 is 39.4 Å². The van der Waals surface area contributed by atoms with Crippen LogP contribution in [0, 0.1) is 5.92 Å². The first-order chi connectivity index (χ1) is 11.0. The predicted molar refractivity (Wildman–Crippen MR) is 87.0 cm³/mol. The first kappa shape index (κ1) is 16.1. The molecule has 0 bridgehead atoms. The van der Waals surface area contributed by atoms with Crippen molar-refractivity contribution in [3.8, 4) is 0 Å². The maximum absolute atomic E-state index is 12.7. The second kappa shape index (κ2) is 6.41. The van der Waals surface area contributed by atoms with Gasteiger partial charge in [-0.05, 0) is 44.1 Å². The standard InChI is InChI=1S/C16H17BrN2O4/c17-11-2-1-3-12(8-11)19-14(20)9-13(15(19)21)18-6-4-10(5-7-18)16(22)23/h1-3,8,10,13H,4-7,9H2,(H,22,23)/t13-/m0/s1. The summed E-state index contributed by atoms with van der Waals surface area (Å²) in [6.45, 7) is 1.07. The van der Waals surface area contributed by atoms with E-state index in [-0.39, 0.29) is 24.2 Å². The van der Waals surface area contributed by atoms with Gasteiger partial charge in [0.15, 0.2) is 0 Å². The fourth-order valence-electron chi connectivity index (χ4n) is 3.25. The lowest BCUT2D eigenvalue weighted by atomic mass is 9.96. The Morgan fingerprint density at radius 3 is 2.52 bits per heavy atom. The number of carboxylic acids is 1. The van der Waals surface area contributed by atoms with E-state index in [1.54, 1.807) is 18.2 Å². The van der Waals surface area contributed by atoms with Crippen molar-refractivity contribution in [3.63, 3.8) is 0 Å². The van der Waals surface area contributed by atoms with Crippen LogP contribution in [-0.2, 0) is 14.4 Å². The second-order valence-corrected chi connectivity index (χ2v) is 6.83. The monoisotopic (exact) mass is 380 g/mol. The number of amides is 2. The number of piperidine rings is 1. The zero-order valence-corrected chi connectivity index (χ0v) is 14.0. The summed E-state index contributed by atoms with van der Waals surface area (Å²) in [7, 11) is 0. The quantitative estimate of drug-likeness (QED) is 0.809. The fraction of sp³-hybridized carbons (Fsp3) is 0.438. The van der Waals surface area contributed by atoms with Gasteiger partial charge in [-0.3, -0.25) is 19.3 Å². The van der Waals surface area contributed by atoms with E-state index in [2.05, 4.69) is 15.9 Å². The van der Waals surface area contributed by atoms with Crippen LogP contribution in [0.2, 0.25) is 0 Å². The second-order valence-electron chi connectivity index (χ2n) is 5.92. The number of halogens is 1. The van der Waals surface area contributed by atoms with E-state index in [1.165, 1.54) is 4.90 Å². The van der Waals surface area contributed by atoms with E-state index in [4.69, 9.17) is 5.11 Å². The minimum atomic E-state index is -0.783. The Morgan fingerprint density at radius 1 is 1.22 bits per heavy atom. The molecule has 0 saturated carbocycles. The molecule has 2 aliphatic heterocycles. The van der Waals surface area contributed by atoms with Gasteiger partial charge in [0.1, 0.15) is 0 Å². The Hall–Kier alpha value is -1.73. The first-order valence-corrected chi connectivity index (χ1v) is 8.36. The number of carbonyl (C=O) groups excluding carboxylic acids is 2. The van der Waals surface area contributed by atoms with Crippen molar-refractivity contribution in [3.05, 3.63) is 28.7 Å². The maximum Gasteiger partial charge on any atom is 0.306 e. The van der Waals surface area contributed by atoms with Gasteiger partial charge < -0.3 is 5.11 Å². The highest BCUT2D eigenvalue weighted by molar-refractivity contribution is 9.10. The van der Waals surface area contributed by atoms with Crippen LogP contribution >= 0.6 is 15.9 Å². The molecule has 0 aliphatic carbocycles. The van der Waals surface area contributed by atoms with Crippen LogP contribution in [-0.4, -0.2) is 46.9 Å². The SMILES string of the molecule is O=C(O)C1CCN([C@H]2CC(=O)N(c3cccc(Br)c3)C2=O)CC1. The summed E-state index contributed by atoms with van der Waals surface area (Å²) in [4.78, 5) is 39.2. The molecule has 3 rings (SSSR count). The molecule has 0 radical (unpaired) electrons. The van der Waals surface area contributed by atoms with Gasteiger partial charge in [0, 0.05) is 4.47 Å². The molecule has 1 aromatic carbocycles. The van der Waals surface area contributed by atoms with E-state index >= 15 is 0 Å². The van der Waals surface area contributed by atoms with E-state index in [9.17, 15) is 14.4 Å². The third-order valence-corrected chi connectivity index (χ3v) is 5.00. The van der Waals surface area contributed by atoms with Crippen molar-refractivity contribution < 1.29 is 19.5 Å². The summed E-state index contributed by atoms with van der Waals surface area (Å²) < 4.78 is 0.807. The lowest BCUT2D eigenvalue weighted by Crippen LogP contribution is -2.46. The highest BCUT2D eigenvalue weighted by Crippen LogP contribution is 2.29. The van der Waals surface area contributed by atoms with Crippen molar-refractivity contribution in [1.29, 1.82) is 0 Å². The number of nitrogens with zero attached hydrogens (tertiary/aromatic N) is 2. The highest BCUT2D eigenvalue weighted by atomic mass is 79.9. The van der Waals surface area contributed by atoms with Crippen LogP contribution in [0.4, 0.5) is 5.69 Å². The Labute approximate surface area is 142 Å². The highest BCUT2D eigenvalue weighted by Gasteiger charge is 2.43. The number of imide groups is 1. The average molecular weight is 381 g/mol.